The van der Waals surface area contributed by atoms with Gasteiger partial charge in [0, 0.05) is 6.92 Å². The highest BCUT2D eigenvalue weighted by Gasteiger charge is 1.83. The van der Waals surface area contributed by atoms with Crippen LogP contribution in [0.1, 0.15) is 46.0 Å². The van der Waals surface area contributed by atoms with Gasteiger partial charge in [-0.25, -0.2) is 0 Å². The van der Waals surface area contributed by atoms with Crippen molar-refractivity contribution in [1.29, 1.82) is 0 Å². The first-order valence-corrected chi connectivity index (χ1v) is 5.93. The van der Waals surface area contributed by atoms with Gasteiger partial charge in [0.05, 0.1) is 6.26 Å². The molecule has 0 saturated heterocycles. The summed E-state index contributed by atoms with van der Waals surface area (Å²) < 4.78 is 4.62. The van der Waals surface area contributed by atoms with Crippen LogP contribution in [0.3, 0.4) is 0 Å². The summed E-state index contributed by atoms with van der Waals surface area (Å²) in [6.07, 6.45) is 17.4. The molecule has 0 N–H and O–H groups in total. The quantitative estimate of drug-likeness (QED) is 0.267. The van der Waals surface area contributed by atoms with E-state index in [1.165, 1.54) is 38.9 Å². The highest BCUT2D eigenvalue weighted by Crippen LogP contribution is 2.02. The van der Waals surface area contributed by atoms with Crippen LogP contribution in [0.5, 0.6) is 0 Å². The second kappa shape index (κ2) is 11.8. The Bertz CT molecular complexity index is 249. The molecule has 0 amide bonds. The van der Waals surface area contributed by atoms with Gasteiger partial charge in [-0.15, -0.1) is 0 Å². The number of unbranched alkanes of at least 4 members (excludes halogenated alkanes) is 4. The van der Waals surface area contributed by atoms with Crippen LogP contribution < -0.4 is 0 Å². The monoisotopic (exact) mass is 222 g/mol. The summed E-state index contributed by atoms with van der Waals surface area (Å²) in [5, 5.41) is 0. The number of carbonyl (C=O) groups excluding carboxylic acids is 1. The zero-order valence-electron chi connectivity index (χ0n) is 10.3. The fraction of sp³-hybridized carbons (Fsp3) is 0.500. The van der Waals surface area contributed by atoms with E-state index in [0.717, 1.165) is 6.42 Å². The van der Waals surface area contributed by atoms with Crippen LogP contribution in [0.2, 0.25) is 0 Å². The predicted molar refractivity (Wildman–Crippen MR) is 67.9 cm³/mol. The molecule has 90 valence electrons. The van der Waals surface area contributed by atoms with Crippen LogP contribution in [0.4, 0.5) is 0 Å². The van der Waals surface area contributed by atoms with Crippen molar-refractivity contribution >= 4 is 5.97 Å². The maximum absolute atomic E-state index is 10.4. The smallest absolute Gasteiger partial charge is 0.307 e. The van der Waals surface area contributed by atoms with Gasteiger partial charge in [-0.3, -0.25) is 4.79 Å². The molecule has 0 heterocycles. The Morgan fingerprint density at radius 3 is 2.50 bits per heavy atom. The molecule has 0 bridgehead atoms. The van der Waals surface area contributed by atoms with Crippen molar-refractivity contribution in [2.24, 2.45) is 0 Å². The summed E-state index contributed by atoms with van der Waals surface area (Å²) in [4.78, 5) is 10.4. The fourth-order valence-electron chi connectivity index (χ4n) is 1.17. The van der Waals surface area contributed by atoms with Crippen molar-refractivity contribution in [2.75, 3.05) is 0 Å². The molecule has 0 unspecified atom stereocenters. The van der Waals surface area contributed by atoms with E-state index in [9.17, 15) is 4.79 Å². The molecular weight excluding hydrogens is 200 g/mol. The number of allylic oxidation sites excluding steroid dienone is 5. The lowest BCUT2D eigenvalue weighted by Crippen LogP contribution is -1.88. The Balaban J connectivity index is 3.41. The Labute approximate surface area is 98.7 Å². The van der Waals surface area contributed by atoms with Crippen LogP contribution in [0.15, 0.2) is 36.6 Å². The number of carbonyl (C=O) groups is 1. The third-order valence-corrected chi connectivity index (χ3v) is 2.01. The van der Waals surface area contributed by atoms with Gasteiger partial charge in [0.2, 0.25) is 0 Å². The number of hydrogen-bond donors (Lipinski definition) is 0. The normalized spacial score (nSPS) is 11.9. The highest BCUT2D eigenvalue weighted by molar-refractivity contribution is 5.66. The van der Waals surface area contributed by atoms with Gasteiger partial charge in [0.15, 0.2) is 0 Å². The van der Waals surface area contributed by atoms with Crippen molar-refractivity contribution in [3.63, 3.8) is 0 Å². The van der Waals surface area contributed by atoms with E-state index in [0.29, 0.717) is 0 Å². The summed E-state index contributed by atoms with van der Waals surface area (Å²) >= 11 is 0. The number of ether oxygens (including phenoxy) is 1. The minimum Gasteiger partial charge on any atom is -0.435 e. The second-order valence-electron chi connectivity index (χ2n) is 3.60. The Kier molecular flexibility index (Phi) is 10.8. The number of hydrogen-bond acceptors (Lipinski definition) is 2. The van der Waals surface area contributed by atoms with Gasteiger partial charge in [0.25, 0.3) is 0 Å². The van der Waals surface area contributed by atoms with E-state index in [1.807, 2.05) is 18.2 Å². The lowest BCUT2D eigenvalue weighted by atomic mass is 10.1. The zero-order chi connectivity index (χ0) is 12.1. The molecular formula is C14H22O2. The standard InChI is InChI=1S/C14H22O2/c1-3-4-5-6-7-8-9-10-11-12-13-16-14(2)15/h8-13H,3-7H2,1-2H3. The summed E-state index contributed by atoms with van der Waals surface area (Å²) in [5.74, 6) is -0.295. The zero-order valence-corrected chi connectivity index (χ0v) is 10.3. The molecule has 0 aliphatic heterocycles. The van der Waals surface area contributed by atoms with Gasteiger partial charge < -0.3 is 4.74 Å². The SMILES string of the molecule is CCCCCCC=CC=CC=COC(C)=O. The minimum absolute atomic E-state index is 0.295. The Morgan fingerprint density at radius 1 is 1.06 bits per heavy atom. The molecule has 0 radical (unpaired) electrons. The average Bonchev–Trinajstić information content (AvgIpc) is 2.25. The van der Waals surface area contributed by atoms with Gasteiger partial charge >= 0.3 is 5.97 Å². The molecule has 2 heteroatoms. The molecule has 2 nitrogen and oxygen atoms in total. The van der Waals surface area contributed by atoms with Gasteiger partial charge in [0.1, 0.15) is 0 Å². The topological polar surface area (TPSA) is 26.3 Å². The van der Waals surface area contributed by atoms with Crippen molar-refractivity contribution < 1.29 is 9.53 Å². The van der Waals surface area contributed by atoms with Gasteiger partial charge in [-0.2, -0.15) is 0 Å². The Morgan fingerprint density at radius 2 is 1.81 bits per heavy atom. The number of esters is 1. The molecule has 16 heavy (non-hydrogen) atoms. The van der Waals surface area contributed by atoms with Crippen molar-refractivity contribution in [2.45, 2.75) is 46.0 Å². The van der Waals surface area contributed by atoms with E-state index in [-0.39, 0.29) is 5.97 Å². The third kappa shape index (κ3) is 12.7. The van der Waals surface area contributed by atoms with Gasteiger partial charge in [-0.05, 0) is 18.9 Å². The highest BCUT2D eigenvalue weighted by atomic mass is 16.5. The molecule has 0 aromatic heterocycles. The van der Waals surface area contributed by atoms with E-state index in [4.69, 9.17) is 0 Å². The van der Waals surface area contributed by atoms with E-state index in [2.05, 4.69) is 17.7 Å². The predicted octanol–water partition coefficient (Wildman–Crippen LogP) is 4.15. The van der Waals surface area contributed by atoms with Crippen LogP contribution in [-0.2, 0) is 9.53 Å². The molecule has 0 rings (SSSR count). The van der Waals surface area contributed by atoms with Crippen LogP contribution in [0.25, 0.3) is 0 Å². The molecule has 0 spiro atoms. The summed E-state index contributed by atoms with van der Waals surface area (Å²) in [6.45, 7) is 3.60. The Hall–Kier alpha value is -1.31. The maximum atomic E-state index is 10.4. The lowest BCUT2D eigenvalue weighted by Gasteiger charge is -1.92. The fourth-order valence-corrected chi connectivity index (χ4v) is 1.17. The largest absolute Gasteiger partial charge is 0.435 e. The van der Waals surface area contributed by atoms with Crippen molar-refractivity contribution in [3.8, 4) is 0 Å². The molecule has 0 atom stereocenters. The summed E-state index contributed by atoms with van der Waals surface area (Å²) in [6, 6.07) is 0. The van der Waals surface area contributed by atoms with Gasteiger partial charge in [-0.1, -0.05) is 50.5 Å². The lowest BCUT2D eigenvalue weighted by molar-refractivity contribution is -0.135. The summed E-state index contributed by atoms with van der Waals surface area (Å²) in [7, 11) is 0. The summed E-state index contributed by atoms with van der Waals surface area (Å²) in [5.41, 5.74) is 0. The minimum atomic E-state index is -0.295. The molecule has 0 aliphatic carbocycles. The van der Waals surface area contributed by atoms with E-state index in [1.54, 1.807) is 6.08 Å². The second-order valence-corrected chi connectivity index (χ2v) is 3.60. The average molecular weight is 222 g/mol. The molecule has 0 aromatic carbocycles. The molecule has 0 saturated carbocycles. The maximum Gasteiger partial charge on any atom is 0.307 e. The first-order valence-electron chi connectivity index (χ1n) is 5.93. The van der Waals surface area contributed by atoms with Crippen LogP contribution >= 0.6 is 0 Å². The third-order valence-electron chi connectivity index (χ3n) is 2.01. The molecule has 0 aromatic rings. The van der Waals surface area contributed by atoms with Crippen molar-refractivity contribution in [3.05, 3.63) is 36.6 Å². The van der Waals surface area contributed by atoms with E-state index < -0.39 is 0 Å². The van der Waals surface area contributed by atoms with Crippen molar-refractivity contribution in [1.82, 2.24) is 0 Å². The molecule has 0 aliphatic rings. The molecule has 0 fully saturated rings. The first-order chi connectivity index (χ1) is 7.77. The van der Waals surface area contributed by atoms with E-state index >= 15 is 0 Å². The van der Waals surface area contributed by atoms with Crippen LogP contribution in [0, 0.1) is 0 Å². The van der Waals surface area contributed by atoms with Crippen LogP contribution in [-0.4, -0.2) is 5.97 Å². The number of rotatable bonds is 8. The first kappa shape index (κ1) is 14.7.